The zero-order chi connectivity index (χ0) is 14.5. The average Bonchev–Trinajstić information content (AvgIpc) is 3.17. The fourth-order valence-corrected chi connectivity index (χ4v) is 3.47. The number of ether oxygens (including phenoxy) is 1. The molecular formula is C19H25NO. The van der Waals surface area contributed by atoms with Crippen LogP contribution in [0.3, 0.4) is 0 Å². The van der Waals surface area contributed by atoms with E-state index in [0.717, 1.165) is 26.0 Å². The van der Waals surface area contributed by atoms with E-state index < -0.39 is 0 Å². The summed E-state index contributed by atoms with van der Waals surface area (Å²) in [5, 5.41) is 0. The molecule has 0 N–H and O–H groups in total. The first kappa shape index (κ1) is 14.4. The molecule has 0 bridgehead atoms. The molecule has 1 aliphatic carbocycles. The number of allylic oxidation sites excluding steroid dienone is 8. The van der Waals surface area contributed by atoms with E-state index in [1.54, 1.807) is 0 Å². The molecule has 3 rings (SSSR count). The van der Waals surface area contributed by atoms with E-state index in [4.69, 9.17) is 4.74 Å². The lowest BCUT2D eigenvalue weighted by Crippen LogP contribution is -2.34. The van der Waals surface area contributed by atoms with Crippen LogP contribution in [0.15, 0.2) is 59.9 Å². The summed E-state index contributed by atoms with van der Waals surface area (Å²) in [4.78, 5) is 2.52. The highest BCUT2D eigenvalue weighted by atomic mass is 16.5. The van der Waals surface area contributed by atoms with E-state index in [-0.39, 0.29) is 0 Å². The van der Waals surface area contributed by atoms with Crippen LogP contribution in [0.25, 0.3) is 0 Å². The van der Waals surface area contributed by atoms with Gasteiger partial charge in [-0.2, -0.15) is 0 Å². The zero-order valence-electron chi connectivity index (χ0n) is 12.9. The predicted molar refractivity (Wildman–Crippen MR) is 87.7 cm³/mol. The highest BCUT2D eigenvalue weighted by Crippen LogP contribution is 2.37. The Labute approximate surface area is 128 Å². The van der Waals surface area contributed by atoms with Crippen LogP contribution in [0.1, 0.15) is 32.6 Å². The Morgan fingerprint density at radius 1 is 1.29 bits per heavy atom. The molecule has 2 unspecified atom stereocenters. The van der Waals surface area contributed by atoms with Crippen LogP contribution in [-0.4, -0.2) is 24.3 Å². The molecule has 0 aromatic heterocycles. The maximum atomic E-state index is 5.94. The number of hydrogen-bond donors (Lipinski definition) is 0. The van der Waals surface area contributed by atoms with Crippen molar-refractivity contribution in [2.24, 2.45) is 5.92 Å². The second kappa shape index (κ2) is 6.95. The van der Waals surface area contributed by atoms with Crippen molar-refractivity contribution in [2.45, 2.75) is 38.8 Å². The van der Waals surface area contributed by atoms with Gasteiger partial charge in [-0.25, -0.2) is 0 Å². The summed E-state index contributed by atoms with van der Waals surface area (Å²) in [5.41, 5.74) is 2.97. The van der Waals surface area contributed by atoms with Gasteiger partial charge >= 0.3 is 0 Å². The van der Waals surface area contributed by atoms with Gasteiger partial charge in [-0.05, 0) is 38.2 Å². The number of hydrogen-bond acceptors (Lipinski definition) is 2. The highest BCUT2D eigenvalue weighted by molar-refractivity contribution is 5.36. The van der Waals surface area contributed by atoms with E-state index in [2.05, 4.69) is 60.4 Å². The topological polar surface area (TPSA) is 12.5 Å². The summed E-state index contributed by atoms with van der Waals surface area (Å²) in [6.45, 7) is 4.07. The molecular weight excluding hydrogens is 258 g/mol. The van der Waals surface area contributed by atoms with Crippen molar-refractivity contribution in [1.82, 2.24) is 4.90 Å². The van der Waals surface area contributed by atoms with Crippen LogP contribution in [0.5, 0.6) is 0 Å². The quantitative estimate of drug-likeness (QED) is 0.711. The first-order chi connectivity index (χ1) is 10.4. The summed E-state index contributed by atoms with van der Waals surface area (Å²) in [6, 6.07) is 0. The second-order valence-electron chi connectivity index (χ2n) is 5.86. The van der Waals surface area contributed by atoms with Crippen LogP contribution in [-0.2, 0) is 4.74 Å². The Kier molecular flexibility index (Phi) is 4.76. The monoisotopic (exact) mass is 283 g/mol. The van der Waals surface area contributed by atoms with Gasteiger partial charge in [-0.1, -0.05) is 48.6 Å². The normalized spacial score (nSPS) is 29.7. The van der Waals surface area contributed by atoms with Gasteiger partial charge < -0.3 is 9.64 Å². The minimum Gasteiger partial charge on any atom is -0.358 e. The largest absolute Gasteiger partial charge is 0.358 e. The smallest absolute Gasteiger partial charge is 0.129 e. The summed E-state index contributed by atoms with van der Waals surface area (Å²) < 4.78 is 5.94. The molecule has 21 heavy (non-hydrogen) atoms. The fourth-order valence-electron chi connectivity index (χ4n) is 3.47. The summed E-state index contributed by atoms with van der Waals surface area (Å²) in [6.07, 6.45) is 22.5. The third-order valence-electron chi connectivity index (χ3n) is 4.45. The Morgan fingerprint density at radius 3 is 2.95 bits per heavy atom. The van der Waals surface area contributed by atoms with E-state index in [1.165, 1.54) is 24.1 Å². The molecule has 2 nitrogen and oxygen atoms in total. The molecule has 0 aromatic rings. The highest BCUT2D eigenvalue weighted by Gasteiger charge is 2.33. The molecule has 0 spiro atoms. The molecule has 1 saturated heterocycles. The summed E-state index contributed by atoms with van der Waals surface area (Å²) in [5.74, 6) is 0.506. The molecule has 0 saturated carbocycles. The minimum atomic E-state index is 0.298. The van der Waals surface area contributed by atoms with E-state index in [1.807, 2.05) is 0 Å². The maximum Gasteiger partial charge on any atom is 0.129 e. The predicted octanol–water partition coefficient (Wildman–Crippen LogP) is 4.35. The molecule has 2 heterocycles. The molecule has 3 aliphatic rings. The Hall–Kier alpha value is -1.54. The van der Waals surface area contributed by atoms with Crippen molar-refractivity contribution in [1.29, 1.82) is 0 Å². The first-order valence-corrected chi connectivity index (χ1v) is 8.14. The molecule has 1 fully saturated rings. The SMILES string of the molecule is CC=CC=CC1=C(C2C=CC=CC2)N(C2CCCO2)CC1. The van der Waals surface area contributed by atoms with Crippen molar-refractivity contribution in [2.75, 3.05) is 13.2 Å². The fraction of sp³-hybridized carbons (Fsp3) is 0.474. The van der Waals surface area contributed by atoms with Crippen LogP contribution in [0.4, 0.5) is 0 Å². The maximum absolute atomic E-state index is 5.94. The van der Waals surface area contributed by atoms with Crippen LogP contribution >= 0.6 is 0 Å². The lowest BCUT2D eigenvalue weighted by atomic mass is 9.93. The third-order valence-corrected chi connectivity index (χ3v) is 4.45. The average molecular weight is 283 g/mol. The van der Waals surface area contributed by atoms with Gasteiger partial charge in [0.25, 0.3) is 0 Å². The molecule has 2 aliphatic heterocycles. The summed E-state index contributed by atoms with van der Waals surface area (Å²) >= 11 is 0. The van der Waals surface area contributed by atoms with Gasteiger partial charge in [-0.15, -0.1) is 0 Å². The lowest BCUT2D eigenvalue weighted by Gasteiger charge is -2.32. The van der Waals surface area contributed by atoms with Crippen molar-refractivity contribution < 1.29 is 4.74 Å². The third kappa shape index (κ3) is 3.21. The number of nitrogens with zero attached hydrogens (tertiary/aromatic N) is 1. The molecule has 2 atom stereocenters. The van der Waals surface area contributed by atoms with E-state index >= 15 is 0 Å². The zero-order valence-corrected chi connectivity index (χ0v) is 12.9. The van der Waals surface area contributed by atoms with Gasteiger partial charge in [-0.3, -0.25) is 0 Å². The minimum absolute atomic E-state index is 0.298. The molecule has 0 amide bonds. The van der Waals surface area contributed by atoms with Crippen molar-refractivity contribution in [3.8, 4) is 0 Å². The molecule has 2 heteroatoms. The van der Waals surface area contributed by atoms with Crippen molar-refractivity contribution >= 4 is 0 Å². The van der Waals surface area contributed by atoms with E-state index in [0.29, 0.717) is 12.1 Å². The van der Waals surface area contributed by atoms with E-state index in [9.17, 15) is 0 Å². The molecule has 112 valence electrons. The van der Waals surface area contributed by atoms with Gasteiger partial charge in [0.05, 0.1) is 0 Å². The molecule has 0 radical (unpaired) electrons. The van der Waals surface area contributed by atoms with Gasteiger partial charge in [0.2, 0.25) is 0 Å². The van der Waals surface area contributed by atoms with Gasteiger partial charge in [0.15, 0.2) is 0 Å². The van der Waals surface area contributed by atoms with Gasteiger partial charge in [0.1, 0.15) is 6.23 Å². The standard InChI is InChI=1S/C19H25NO/c1-2-3-5-9-17-13-14-20(18-12-8-15-21-18)19(17)16-10-6-4-7-11-16/h2-7,9-10,16,18H,8,11-15H2,1H3. The second-order valence-corrected chi connectivity index (χ2v) is 5.86. The Balaban J connectivity index is 1.87. The Bertz CT molecular complexity index is 504. The van der Waals surface area contributed by atoms with Gasteiger partial charge in [0, 0.05) is 24.8 Å². The summed E-state index contributed by atoms with van der Waals surface area (Å²) in [7, 11) is 0. The van der Waals surface area contributed by atoms with Crippen LogP contribution in [0, 0.1) is 5.92 Å². The molecule has 0 aromatic carbocycles. The van der Waals surface area contributed by atoms with Crippen LogP contribution in [0.2, 0.25) is 0 Å². The van der Waals surface area contributed by atoms with Crippen molar-refractivity contribution in [3.05, 3.63) is 59.9 Å². The number of rotatable bonds is 4. The Morgan fingerprint density at radius 2 is 2.24 bits per heavy atom. The van der Waals surface area contributed by atoms with Crippen LogP contribution < -0.4 is 0 Å². The first-order valence-electron chi connectivity index (χ1n) is 8.14. The van der Waals surface area contributed by atoms with Crippen molar-refractivity contribution in [3.63, 3.8) is 0 Å². The lowest BCUT2D eigenvalue weighted by molar-refractivity contribution is 0.00181.